The van der Waals surface area contributed by atoms with Gasteiger partial charge < -0.3 is 5.11 Å². The predicted molar refractivity (Wildman–Crippen MR) is 65.0 cm³/mol. The molecule has 0 spiro atoms. The molecule has 0 atom stereocenters. The van der Waals surface area contributed by atoms with Crippen LogP contribution in [0.1, 0.15) is 17.5 Å². The van der Waals surface area contributed by atoms with E-state index >= 15 is 0 Å². The zero-order valence-electron chi connectivity index (χ0n) is 10.3. The maximum absolute atomic E-state index is 10.4. The number of tetrazole rings is 1. The maximum Gasteiger partial charge on any atom is 0.305 e. The highest BCUT2D eigenvalue weighted by molar-refractivity contribution is 5.66. The van der Waals surface area contributed by atoms with Crippen LogP contribution in [0.15, 0.2) is 18.2 Å². The van der Waals surface area contributed by atoms with Crippen molar-refractivity contribution in [1.82, 2.24) is 20.2 Å². The van der Waals surface area contributed by atoms with Crippen LogP contribution in [0.5, 0.6) is 0 Å². The molecular weight excluding hydrogens is 232 g/mol. The highest BCUT2D eigenvalue weighted by Crippen LogP contribution is 2.17. The molecule has 18 heavy (non-hydrogen) atoms. The summed E-state index contributed by atoms with van der Waals surface area (Å²) in [5.74, 6) is -0.358. The molecule has 2 rings (SSSR count). The topological polar surface area (TPSA) is 80.9 Å². The summed E-state index contributed by atoms with van der Waals surface area (Å²) in [6.45, 7) is 4.29. The van der Waals surface area contributed by atoms with E-state index in [2.05, 4.69) is 15.4 Å². The Bertz CT molecular complexity index is 577. The molecule has 0 aliphatic heterocycles. The zero-order valence-corrected chi connectivity index (χ0v) is 10.3. The molecular formula is C12H14N4O2. The van der Waals surface area contributed by atoms with Crippen molar-refractivity contribution in [1.29, 1.82) is 0 Å². The van der Waals surface area contributed by atoms with Crippen LogP contribution < -0.4 is 0 Å². The summed E-state index contributed by atoms with van der Waals surface area (Å²) in [5.41, 5.74) is 3.26. The average molecular weight is 246 g/mol. The second kappa shape index (κ2) is 4.95. The molecule has 0 fully saturated rings. The van der Waals surface area contributed by atoms with Gasteiger partial charge in [0.1, 0.15) is 0 Å². The number of aromatic nitrogens is 4. The number of benzene rings is 1. The minimum atomic E-state index is -0.875. The fourth-order valence-corrected chi connectivity index (χ4v) is 1.53. The lowest BCUT2D eigenvalue weighted by Gasteiger charge is -2.00. The zero-order chi connectivity index (χ0) is 13.1. The number of nitrogens with zero attached hydrogens (tertiary/aromatic N) is 4. The van der Waals surface area contributed by atoms with Gasteiger partial charge in [-0.3, -0.25) is 4.79 Å². The van der Waals surface area contributed by atoms with Gasteiger partial charge in [-0.2, -0.15) is 4.80 Å². The van der Waals surface area contributed by atoms with Crippen LogP contribution in [0, 0.1) is 13.8 Å². The molecule has 94 valence electrons. The van der Waals surface area contributed by atoms with E-state index in [1.165, 1.54) is 10.4 Å². The van der Waals surface area contributed by atoms with Gasteiger partial charge in [-0.15, -0.1) is 10.2 Å². The second-order valence-corrected chi connectivity index (χ2v) is 4.15. The lowest BCUT2D eigenvalue weighted by Crippen LogP contribution is -2.07. The van der Waals surface area contributed by atoms with Crippen molar-refractivity contribution >= 4 is 5.97 Å². The van der Waals surface area contributed by atoms with E-state index in [9.17, 15) is 4.79 Å². The molecule has 6 nitrogen and oxygen atoms in total. The molecule has 1 N–H and O–H groups in total. The van der Waals surface area contributed by atoms with Gasteiger partial charge in [0.15, 0.2) is 0 Å². The van der Waals surface area contributed by atoms with Crippen LogP contribution in [0.25, 0.3) is 11.4 Å². The molecule has 0 radical (unpaired) electrons. The molecule has 2 aromatic rings. The van der Waals surface area contributed by atoms with E-state index in [4.69, 9.17) is 5.11 Å². The first-order chi connectivity index (χ1) is 8.56. The van der Waals surface area contributed by atoms with Crippen molar-refractivity contribution in [2.45, 2.75) is 26.8 Å². The molecule has 0 amide bonds. The normalized spacial score (nSPS) is 10.6. The number of aryl methyl sites for hydroxylation is 3. The number of rotatable bonds is 4. The van der Waals surface area contributed by atoms with Gasteiger partial charge in [-0.05, 0) is 36.3 Å². The van der Waals surface area contributed by atoms with Crippen LogP contribution in [-0.4, -0.2) is 31.3 Å². The summed E-state index contributed by atoms with van der Waals surface area (Å²) in [5, 5.41) is 20.5. The van der Waals surface area contributed by atoms with Crippen molar-refractivity contribution in [2.75, 3.05) is 0 Å². The Kier molecular flexibility index (Phi) is 3.36. The first kappa shape index (κ1) is 12.2. The molecule has 0 bridgehead atoms. The third-order valence-electron chi connectivity index (χ3n) is 2.74. The maximum atomic E-state index is 10.4. The second-order valence-electron chi connectivity index (χ2n) is 4.15. The highest BCUT2D eigenvalue weighted by atomic mass is 16.4. The summed E-state index contributed by atoms with van der Waals surface area (Å²) in [6, 6.07) is 5.93. The molecule has 0 saturated heterocycles. The van der Waals surface area contributed by atoms with Crippen molar-refractivity contribution in [3.63, 3.8) is 0 Å². The van der Waals surface area contributed by atoms with E-state index in [0.717, 1.165) is 11.1 Å². The summed E-state index contributed by atoms with van der Waals surface area (Å²) in [7, 11) is 0. The predicted octanol–water partition coefficient (Wildman–Crippen LogP) is 1.43. The molecule has 1 aromatic heterocycles. The SMILES string of the molecule is Cc1ccc(-c2nnn(CCC(=O)O)n2)cc1C. The van der Waals surface area contributed by atoms with Gasteiger partial charge >= 0.3 is 5.97 Å². The number of aliphatic carboxylic acids is 1. The fraction of sp³-hybridized carbons (Fsp3) is 0.333. The summed E-state index contributed by atoms with van der Waals surface area (Å²) in [6.07, 6.45) is -0.0112. The largest absolute Gasteiger partial charge is 0.481 e. The number of hydrogen-bond acceptors (Lipinski definition) is 4. The van der Waals surface area contributed by atoms with E-state index in [1.54, 1.807) is 0 Å². The van der Waals surface area contributed by atoms with Crippen molar-refractivity contribution < 1.29 is 9.90 Å². The van der Waals surface area contributed by atoms with Gasteiger partial charge in [-0.25, -0.2) is 0 Å². The molecule has 0 aliphatic carbocycles. The molecule has 1 aromatic carbocycles. The Hall–Kier alpha value is -2.24. The van der Waals surface area contributed by atoms with Crippen LogP contribution >= 0.6 is 0 Å². The quantitative estimate of drug-likeness (QED) is 0.882. The molecule has 0 aliphatic rings. The third-order valence-corrected chi connectivity index (χ3v) is 2.74. The van der Waals surface area contributed by atoms with E-state index in [-0.39, 0.29) is 13.0 Å². The minimum Gasteiger partial charge on any atom is -0.481 e. The van der Waals surface area contributed by atoms with E-state index < -0.39 is 5.97 Å². The number of carboxylic acid groups (broad SMARTS) is 1. The van der Waals surface area contributed by atoms with Crippen molar-refractivity contribution in [3.8, 4) is 11.4 Å². The first-order valence-electron chi connectivity index (χ1n) is 5.63. The fourth-order valence-electron chi connectivity index (χ4n) is 1.53. The Morgan fingerprint density at radius 3 is 2.78 bits per heavy atom. The summed E-state index contributed by atoms with van der Waals surface area (Å²) < 4.78 is 0. The molecule has 0 unspecified atom stereocenters. The lowest BCUT2D eigenvalue weighted by atomic mass is 10.1. The van der Waals surface area contributed by atoms with E-state index in [0.29, 0.717) is 5.82 Å². The van der Waals surface area contributed by atoms with E-state index in [1.807, 2.05) is 32.0 Å². The number of carboxylic acids is 1. The molecule has 0 saturated carbocycles. The monoisotopic (exact) mass is 246 g/mol. The number of hydrogen-bond donors (Lipinski definition) is 1. The van der Waals surface area contributed by atoms with Gasteiger partial charge in [0, 0.05) is 5.56 Å². The van der Waals surface area contributed by atoms with Crippen LogP contribution in [-0.2, 0) is 11.3 Å². The van der Waals surface area contributed by atoms with Gasteiger partial charge in [-0.1, -0.05) is 12.1 Å². The summed E-state index contributed by atoms with van der Waals surface area (Å²) >= 11 is 0. The van der Waals surface area contributed by atoms with Gasteiger partial charge in [0.25, 0.3) is 0 Å². The first-order valence-corrected chi connectivity index (χ1v) is 5.63. The van der Waals surface area contributed by atoms with Crippen molar-refractivity contribution in [2.24, 2.45) is 0 Å². The van der Waals surface area contributed by atoms with Gasteiger partial charge in [0.2, 0.25) is 5.82 Å². The minimum absolute atomic E-state index is 0.0112. The third kappa shape index (κ3) is 2.71. The van der Waals surface area contributed by atoms with Crippen LogP contribution in [0.3, 0.4) is 0 Å². The molecule has 1 heterocycles. The highest BCUT2D eigenvalue weighted by Gasteiger charge is 2.07. The van der Waals surface area contributed by atoms with Crippen molar-refractivity contribution in [3.05, 3.63) is 29.3 Å². The van der Waals surface area contributed by atoms with Gasteiger partial charge in [0.05, 0.1) is 13.0 Å². The van der Waals surface area contributed by atoms with Crippen LogP contribution in [0.2, 0.25) is 0 Å². The standard InChI is InChI=1S/C12H14N4O2/c1-8-3-4-10(7-9(8)2)12-13-15-16(14-12)6-5-11(17)18/h3-4,7H,5-6H2,1-2H3,(H,17,18). The average Bonchev–Trinajstić information content (AvgIpc) is 2.79. The lowest BCUT2D eigenvalue weighted by molar-refractivity contribution is -0.137. The van der Waals surface area contributed by atoms with Crippen LogP contribution in [0.4, 0.5) is 0 Å². The number of carbonyl (C=O) groups is 1. The Morgan fingerprint density at radius 1 is 1.33 bits per heavy atom. The summed E-state index contributed by atoms with van der Waals surface area (Å²) in [4.78, 5) is 11.7. The Morgan fingerprint density at radius 2 is 2.11 bits per heavy atom. The smallest absolute Gasteiger partial charge is 0.305 e. The molecule has 6 heteroatoms. The Balaban J connectivity index is 2.18. The Labute approximate surface area is 104 Å².